The predicted octanol–water partition coefficient (Wildman–Crippen LogP) is 8.02. The van der Waals surface area contributed by atoms with Crippen LogP contribution >= 0.6 is 46.8 Å². The van der Waals surface area contributed by atoms with Gasteiger partial charge in [0.15, 0.2) is 4.93 Å². The molecule has 3 fully saturated rings. The largest absolute Gasteiger partial charge is 0.464 e. The van der Waals surface area contributed by atoms with Gasteiger partial charge in [-0.05, 0) is 109 Å². The van der Waals surface area contributed by atoms with Gasteiger partial charge in [-0.25, -0.2) is 9.78 Å². The molecule has 1 spiro atoms. The van der Waals surface area contributed by atoms with E-state index in [4.69, 9.17) is 19.4 Å². The molecule has 64 heavy (non-hydrogen) atoms. The number of thiazole rings is 1. The molecule has 6 bridgehead atoms. The Morgan fingerprint density at radius 3 is 2.56 bits per heavy atom. The minimum atomic E-state index is -1.34. The van der Waals surface area contributed by atoms with E-state index >= 15 is 4.79 Å². The number of methoxy groups -OCH3 is 1. The van der Waals surface area contributed by atoms with Crippen molar-refractivity contribution in [2.75, 3.05) is 72.0 Å². The molecule has 8 rings (SSSR count). The number of thioether (sulfide) groups is 2. The summed E-state index contributed by atoms with van der Waals surface area (Å²) in [6.07, 6.45) is 11.8. The highest BCUT2D eigenvalue weighted by Crippen LogP contribution is 2.50. The Hall–Kier alpha value is -3.32. The number of aromatic nitrogens is 3. The highest BCUT2D eigenvalue weighted by Gasteiger charge is 2.56. The third kappa shape index (κ3) is 8.60. The number of hydrogen-bond donors (Lipinski definition) is 1. The van der Waals surface area contributed by atoms with Crippen molar-refractivity contribution in [3.05, 3.63) is 58.2 Å². The Bertz CT molecular complexity index is 2380. The van der Waals surface area contributed by atoms with Crippen LogP contribution in [0.4, 0.5) is 4.79 Å². The van der Waals surface area contributed by atoms with Gasteiger partial charge in [-0.2, -0.15) is 11.8 Å². The molecule has 3 amide bonds. The van der Waals surface area contributed by atoms with Crippen LogP contribution in [-0.2, 0) is 43.4 Å². The van der Waals surface area contributed by atoms with E-state index in [-0.39, 0.29) is 36.4 Å². The second-order valence-electron chi connectivity index (χ2n) is 19.2. The number of aryl methyl sites for hydroxylation is 1. The number of carbonyl (C=O) groups is 3. The van der Waals surface area contributed by atoms with Crippen LogP contribution in [0.1, 0.15) is 69.6 Å². The van der Waals surface area contributed by atoms with Gasteiger partial charge in [-0.1, -0.05) is 31.9 Å². The summed E-state index contributed by atoms with van der Waals surface area (Å²) in [6.45, 7) is 11.2. The molecule has 3 aromatic heterocycles. The maximum absolute atomic E-state index is 15.4. The highest BCUT2D eigenvalue weighted by atomic mass is 32.2. The van der Waals surface area contributed by atoms with E-state index < -0.39 is 21.9 Å². The standard InChI is InChI=1S/C47H64N8O5S4/c1-11-53-36-17-16-30-20-33(36)34(39(53)32-14-12-18-48-40(32)45(4,59-7)62-9)23-44(2,3)28-60-41(56)37-15-13-19-54(55(37)63-10)42(57)47(29-61-8,24-38-49-35(30)25-64-38)50-43(58)52-26-46(27-52)21-31(22-46)51(5)6/h12,14,16-18,20,25,31,37H,11,13,15,19,21-24,26-29H2,1-10H3,(H,50,58)/t37-,45+,47?/m0/s1. The summed E-state index contributed by atoms with van der Waals surface area (Å²) in [4.78, 5) is 57.8. The first kappa shape index (κ1) is 47.2. The van der Waals surface area contributed by atoms with Crippen LogP contribution in [0, 0.1) is 10.8 Å². The van der Waals surface area contributed by atoms with Crippen molar-refractivity contribution in [2.24, 2.45) is 10.8 Å². The van der Waals surface area contributed by atoms with Gasteiger partial charge in [0.1, 0.15) is 11.6 Å². The molecule has 346 valence electrons. The molecular weight excluding hydrogens is 885 g/mol. The van der Waals surface area contributed by atoms with Gasteiger partial charge in [0.05, 0.1) is 28.7 Å². The summed E-state index contributed by atoms with van der Waals surface area (Å²) in [5.74, 6) is -0.281. The lowest BCUT2D eigenvalue weighted by molar-refractivity contribution is -0.166. The Balaban J connectivity index is 1.25. The van der Waals surface area contributed by atoms with Gasteiger partial charge in [0, 0.05) is 95.9 Å². The van der Waals surface area contributed by atoms with E-state index in [1.54, 1.807) is 28.3 Å². The van der Waals surface area contributed by atoms with E-state index in [1.807, 2.05) is 35.9 Å². The fourth-order valence-electron chi connectivity index (χ4n) is 10.3. The van der Waals surface area contributed by atoms with E-state index in [1.165, 1.54) is 35.0 Å². The molecule has 1 saturated carbocycles. The van der Waals surface area contributed by atoms with E-state index in [0.29, 0.717) is 57.2 Å². The van der Waals surface area contributed by atoms with E-state index in [2.05, 4.69) is 86.2 Å². The summed E-state index contributed by atoms with van der Waals surface area (Å²) in [6, 6.07) is 10.3. The second-order valence-corrected chi connectivity index (χ2v) is 22.9. The Kier molecular flexibility index (Phi) is 13.6. The first-order valence-corrected chi connectivity index (χ1v) is 26.9. The van der Waals surface area contributed by atoms with Crippen LogP contribution in [0.5, 0.6) is 0 Å². The van der Waals surface area contributed by atoms with Gasteiger partial charge >= 0.3 is 12.0 Å². The van der Waals surface area contributed by atoms with Crippen LogP contribution in [0.3, 0.4) is 0 Å². The zero-order chi connectivity index (χ0) is 45.8. The van der Waals surface area contributed by atoms with E-state index in [9.17, 15) is 9.59 Å². The molecule has 13 nitrogen and oxygen atoms in total. The van der Waals surface area contributed by atoms with E-state index in [0.717, 1.165) is 62.5 Å². The lowest BCUT2D eigenvalue weighted by Gasteiger charge is -2.60. The first-order chi connectivity index (χ1) is 30.5. The molecule has 3 aliphatic heterocycles. The lowest BCUT2D eigenvalue weighted by Crippen LogP contribution is -2.72. The molecule has 3 atom stereocenters. The average Bonchev–Trinajstić information content (AvgIpc) is 3.84. The van der Waals surface area contributed by atoms with Crippen LogP contribution < -0.4 is 5.32 Å². The molecule has 1 N–H and O–H groups in total. The lowest BCUT2D eigenvalue weighted by atomic mass is 9.60. The molecule has 1 aliphatic carbocycles. The number of rotatable bonds is 10. The van der Waals surface area contributed by atoms with Crippen LogP contribution in [0.25, 0.3) is 33.4 Å². The maximum Gasteiger partial charge on any atom is 0.326 e. The monoisotopic (exact) mass is 948 g/mol. The van der Waals surface area contributed by atoms with Crippen molar-refractivity contribution in [1.29, 1.82) is 0 Å². The van der Waals surface area contributed by atoms with Crippen LogP contribution in [-0.4, -0.2) is 141 Å². The van der Waals surface area contributed by atoms with Gasteiger partial charge in [-0.3, -0.25) is 19.6 Å². The van der Waals surface area contributed by atoms with Crippen LogP contribution in [0.15, 0.2) is 41.9 Å². The topological polar surface area (TPSA) is 125 Å². The number of amides is 3. The minimum Gasteiger partial charge on any atom is -0.464 e. The SMILES string of the molecule is CCn1c(-c2cccnc2[C@](C)(OC)SC)c2c3cc(ccc31)-c1csc(n1)CC(CSC)(NC(=O)N1CC3(CC(N(C)C)C3)C1)C(=O)N1CCC[C@@H](C(=O)OCC(C)(C)C2)N1SC. The normalized spacial score (nSPS) is 23.7. The molecule has 17 heteroatoms. The number of cyclic esters (lactones) is 1. The van der Waals surface area contributed by atoms with Crippen molar-refractivity contribution < 1.29 is 23.9 Å². The maximum atomic E-state index is 15.4. The predicted molar refractivity (Wildman–Crippen MR) is 262 cm³/mol. The third-order valence-corrected chi connectivity index (χ3v) is 17.5. The van der Waals surface area contributed by atoms with Crippen molar-refractivity contribution in [1.82, 2.24) is 39.1 Å². The Morgan fingerprint density at radius 1 is 1.12 bits per heavy atom. The number of nitrogens with zero attached hydrogens (tertiary/aromatic N) is 7. The number of likely N-dealkylation sites (tertiary alicyclic amines) is 1. The fraction of sp³-hybridized carbons (Fsp3) is 0.596. The molecule has 2 saturated heterocycles. The smallest absolute Gasteiger partial charge is 0.326 e. The van der Waals surface area contributed by atoms with Crippen molar-refractivity contribution >= 4 is 75.6 Å². The highest BCUT2D eigenvalue weighted by molar-refractivity contribution is 7.99. The number of benzene rings is 1. The van der Waals surface area contributed by atoms with Crippen molar-refractivity contribution in [3.63, 3.8) is 0 Å². The number of ether oxygens (including phenoxy) is 2. The van der Waals surface area contributed by atoms with Gasteiger partial charge in [0.25, 0.3) is 5.91 Å². The number of fused-ring (bicyclic) bond motifs is 6. The average molecular weight is 949 g/mol. The molecule has 1 aromatic carbocycles. The number of hydrogen-bond acceptors (Lipinski definition) is 13. The molecule has 1 unspecified atom stereocenters. The molecule has 6 heterocycles. The van der Waals surface area contributed by atoms with Crippen molar-refractivity contribution in [3.8, 4) is 22.5 Å². The quantitative estimate of drug-likeness (QED) is 0.0941. The first-order valence-electron chi connectivity index (χ1n) is 22.2. The summed E-state index contributed by atoms with van der Waals surface area (Å²) in [5.41, 5.74) is 5.22. The molecule has 4 aromatic rings. The zero-order valence-corrected chi connectivity index (χ0v) is 42.3. The summed E-state index contributed by atoms with van der Waals surface area (Å²) >= 11 is 5.98. The number of pyridine rings is 1. The van der Waals surface area contributed by atoms with Gasteiger partial charge in [-0.15, -0.1) is 27.5 Å². The van der Waals surface area contributed by atoms with Gasteiger partial charge in [0.2, 0.25) is 0 Å². The van der Waals surface area contributed by atoms with Crippen LogP contribution in [0.2, 0.25) is 0 Å². The minimum absolute atomic E-state index is 0.148. The number of urea groups is 1. The summed E-state index contributed by atoms with van der Waals surface area (Å²) in [7, 11) is 5.96. The molecular formula is C47H64N8O5S4. The van der Waals surface area contributed by atoms with Gasteiger partial charge < -0.3 is 29.2 Å². The number of nitrogens with one attached hydrogen (secondary N) is 1. The number of esters is 1. The van der Waals surface area contributed by atoms with Crippen molar-refractivity contribution in [2.45, 2.75) is 95.3 Å². The Labute approximate surface area is 395 Å². The fourth-order valence-corrected chi connectivity index (χ4v) is 13.3. The molecule has 0 radical (unpaired) electrons. The molecule has 4 aliphatic rings. The number of hydrazine groups is 1. The summed E-state index contributed by atoms with van der Waals surface area (Å²) < 4.78 is 16.6. The second kappa shape index (κ2) is 18.4. The number of carbonyl (C=O) groups excluding carboxylic acids is 3. The third-order valence-electron chi connectivity index (χ3n) is 13.9. The summed E-state index contributed by atoms with van der Waals surface area (Å²) in [5, 5.41) is 8.93. The Morgan fingerprint density at radius 2 is 1.89 bits per heavy atom. The zero-order valence-electron chi connectivity index (χ0n) is 39.0.